The summed E-state index contributed by atoms with van der Waals surface area (Å²) in [4.78, 5) is 33.7. The van der Waals surface area contributed by atoms with Gasteiger partial charge in [0.2, 0.25) is 5.88 Å². The van der Waals surface area contributed by atoms with Crippen LogP contribution in [0.3, 0.4) is 0 Å². The number of anilines is 3. The quantitative estimate of drug-likeness (QED) is 0.232. The van der Waals surface area contributed by atoms with Crippen molar-refractivity contribution in [3.8, 4) is 11.6 Å². The highest BCUT2D eigenvalue weighted by Crippen LogP contribution is 2.53. The Labute approximate surface area is 233 Å². The van der Waals surface area contributed by atoms with Crippen LogP contribution in [0.5, 0.6) is 11.6 Å². The van der Waals surface area contributed by atoms with Gasteiger partial charge in [-0.05, 0) is 53.5 Å². The van der Waals surface area contributed by atoms with Crippen LogP contribution >= 0.6 is 0 Å². The van der Waals surface area contributed by atoms with E-state index in [4.69, 9.17) is 9.47 Å². The van der Waals surface area contributed by atoms with Crippen molar-refractivity contribution in [2.45, 2.75) is 45.4 Å². The molecule has 1 unspecified atom stereocenters. The predicted octanol–water partition coefficient (Wildman–Crippen LogP) is 7.67. The van der Waals surface area contributed by atoms with Gasteiger partial charge in [-0.25, -0.2) is 19.6 Å². The molecule has 1 fully saturated rings. The van der Waals surface area contributed by atoms with Gasteiger partial charge in [0, 0.05) is 40.0 Å². The van der Waals surface area contributed by atoms with Gasteiger partial charge >= 0.3 is 12.1 Å². The number of urea groups is 1. The first-order chi connectivity index (χ1) is 19.1. The van der Waals surface area contributed by atoms with Crippen LogP contribution in [0.15, 0.2) is 67.1 Å². The lowest BCUT2D eigenvalue weighted by Gasteiger charge is -2.25. The van der Waals surface area contributed by atoms with Crippen LogP contribution in [-0.2, 0) is 10.2 Å². The number of aromatic nitrogens is 2. The van der Waals surface area contributed by atoms with Crippen molar-refractivity contribution in [1.29, 1.82) is 0 Å². The van der Waals surface area contributed by atoms with Gasteiger partial charge in [0.05, 0.1) is 12.8 Å². The number of benzene rings is 3. The molecule has 1 aliphatic rings. The molecule has 0 aliphatic heterocycles. The summed E-state index contributed by atoms with van der Waals surface area (Å²) in [5.41, 5.74) is 3.61. The highest BCUT2D eigenvalue weighted by Gasteiger charge is 2.39. The third-order valence-electron chi connectivity index (χ3n) is 7.10. The third-order valence-corrected chi connectivity index (χ3v) is 7.10. The van der Waals surface area contributed by atoms with E-state index < -0.39 is 6.09 Å². The topological polar surface area (TPSA) is 114 Å². The number of nitrogens with one attached hydrogen (secondary N) is 3. The average Bonchev–Trinajstić information content (AvgIpc) is 3.65. The highest BCUT2D eigenvalue weighted by molar-refractivity contribution is 6.08. The number of fused-ring (bicyclic) bond motifs is 1. The van der Waals surface area contributed by atoms with Crippen LogP contribution in [0.1, 0.15) is 51.2 Å². The van der Waals surface area contributed by atoms with E-state index in [1.807, 2.05) is 36.4 Å². The number of nitrogens with zero attached hydrogens (tertiary/aromatic N) is 2. The van der Waals surface area contributed by atoms with Crippen LogP contribution in [-0.4, -0.2) is 29.2 Å². The lowest BCUT2D eigenvalue weighted by molar-refractivity contribution is 0.187. The summed E-state index contributed by atoms with van der Waals surface area (Å²) in [6.07, 6.45) is 3.46. The molecule has 0 radical (unpaired) electrons. The molecular weight excluding hydrogens is 506 g/mol. The standard InChI is InChI=1S/C31H33N5O4/c1-18-14-22(18)28-24(15-19(31(2,3)4)16-25(28)36-30(38)39-5)35-29(37)34-23-10-11-26(21-9-7-6-8-20(21)23)40-27-12-13-32-17-33-27/h6-13,15-18,22H,14H2,1-5H3,(H,36,38)(H2,34,35,37)/t18?,22-/m0/s1. The van der Waals surface area contributed by atoms with Crippen molar-refractivity contribution in [2.24, 2.45) is 5.92 Å². The molecule has 206 valence electrons. The number of hydrogen-bond acceptors (Lipinski definition) is 6. The van der Waals surface area contributed by atoms with Crippen LogP contribution < -0.4 is 20.7 Å². The number of ether oxygens (including phenoxy) is 2. The zero-order valence-corrected chi connectivity index (χ0v) is 23.2. The zero-order valence-electron chi connectivity index (χ0n) is 23.2. The van der Waals surface area contributed by atoms with Gasteiger partial charge in [-0.2, -0.15) is 0 Å². The van der Waals surface area contributed by atoms with Crippen molar-refractivity contribution in [2.75, 3.05) is 23.1 Å². The second-order valence-corrected chi connectivity index (χ2v) is 11.1. The number of rotatable bonds is 6. The van der Waals surface area contributed by atoms with Crippen molar-refractivity contribution in [3.63, 3.8) is 0 Å². The Kier molecular flexibility index (Phi) is 7.30. The first-order valence-electron chi connectivity index (χ1n) is 13.2. The molecule has 0 spiro atoms. The normalized spacial score (nSPS) is 16.2. The number of hydrogen-bond donors (Lipinski definition) is 3. The first-order valence-corrected chi connectivity index (χ1v) is 13.2. The molecule has 40 heavy (non-hydrogen) atoms. The Balaban J connectivity index is 1.47. The smallest absolute Gasteiger partial charge is 0.411 e. The van der Waals surface area contributed by atoms with E-state index in [2.05, 4.69) is 53.6 Å². The number of methoxy groups -OCH3 is 1. The predicted molar refractivity (Wildman–Crippen MR) is 156 cm³/mol. The lowest BCUT2D eigenvalue weighted by Crippen LogP contribution is -2.23. The van der Waals surface area contributed by atoms with Crippen molar-refractivity contribution in [3.05, 3.63) is 78.2 Å². The first kappa shape index (κ1) is 26.9. The van der Waals surface area contributed by atoms with Crippen molar-refractivity contribution >= 4 is 40.0 Å². The fourth-order valence-electron chi connectivity index (χ4n) is 4.77. The monoisotopic (exact) mass is 539 g/mol. The maximum absolute atomic E-state index is 13.4. The third kappa shape index (κ3) is 5.83. The summed E-state index contributed by atoms with van der Waals surface area (Å²) in [7, 11) is 1.34. The highest BCUT2D eigenvalue weighted by atomic mass is 16.5. The van der Waals surface area contributed by atoms with Crippen LogP contribution in [0.2, 0.25) is 0 Å². The maximum Gasteiger partial charge on any atom is 0.411 e. The maximum atomic E-state index is 13.4. The lowest BCUT2D eigenvalue weighted by atomic mass is 9.85. The Morgan fingerprint density at radius 2 is 1.60 bits per heavy atom. The number of carbonyl (C=O) groups is 2. The van der Waals surface area contributed by atoms with Crippen LogP contribution in [0.4, 0.5) is 26.7 Å². The molecule has 3 N–H and O–H groups in total. The van der Waals surface area contributed by atoms with E-state index in [1.165, 1.54) is 13.4 Å². The van der Waals surface area contributed by atoms with E-state index in [9.17, 15) is 9.59 Å². The molecule has 0 bridgehead atoms. The fourth-order valence-corrected chi connectivity index (χ4v) is 4.77. The van der Waals surface area contributed by atoms with Gasteiger partial charge in [-0.1, -0.05) is 52.0 Å². The SMILES string of the molecule is COC(=O)Nc1cc(C(C)(C)C)cc(NC(=O)Nc2ccc(Oc3ccncn3)c3ccccc23)c1[C@H]1CC1C. The van der Waals surface area contributed by atoms with E-state index >= 15 is 0 Å². The minimum atomic E-state index is -0.549. The molecule has 4 aromatic rings. The van der Waals surface area contributed by atoms with Crippen molar-refractivity contribution in [1.82, 2.24) is 9.97 Å². The minimum absolute atomic E-state index is 0.218. The van der Waals surface area contributed by atoms with Gasteiger partial charge in [0.25, 0.3) is 0 Å². The van der Waals surface area contributed by atoms with E-state index in [0.29, 0.717) is 34.6 Å². The fraction of sp³-hybridized carbons (Fsp3) is 0.290. The minimum Gasteiger partial charge on any atom is -0.453 e. The molecule has 5 rings (SSSR count). The summed E-state index contributed by atoms with van der Waals surface area (Å²) in [6, 6.07) is 16.5. The Bertz CT molecular complexity index is 1570. The molecule has 0 saturated heterocycles. The Hall–Kier alpha value is -4.66. The van der Waals surface area contributed by atoms with Crippen molar-refractivity contribution < 1.29 is 19.1 Å². The van der Waals surface area contributed by atoms with E-state index in [1.54, 1.807) is 24.4 Å². The number of carbonyl (C=O) groups excluding carboxylic acids is 2. The van der Waals surface area contributed by atoms with Crippen LogP contribution in [0.25, 0.3) is 10.8 Å². The molecule has 1 aliphatic carbocycles. The zero-order chi connectivity index (χ0) is 28.4. The molecule has 3 aromatic carbocycles. The molecule has 1 aromatic heterocycles. The van der Waals surface area contributed by atoms with E-state index in [-0.39, 0.29) is 17.4 Å². The Morgan fingerprint density at radius 3 is 2.23 bits per heavy atom. The summed E-state index contributed by atoms with van der Waals surface area (Å²) >= 11 is 0. The summed E-state index contributed by atoms with van der Waals surface area (Å²) < 4.78 is 10.9. The van der Waals surface area contributed by atoms with E-state index in [0.717, 1.165) is 28.3 Å². The Morgan fingerprint density at radius 1 is 0.925 bits per heavy atom. The second kappa shape index (κ2) is 10.8. The molecule has 9 nitrogen and oxygen atoms in total. The van der Waals surface area contributed by atoms with Gasteiger partial charge in [-0.3, -0.25) is 5.32 Å². The van der Waals surface area contributed by atoms with Gasteiger partial charge < -0.3 is 20.1 Å². The second-order valence-electron chi connectivity index (χ2n) is 11.1. The summed E-state index contributed by atoms with van der Waals surface area (Å²) in [5, 5.41) is 10.6. The largest absolute Gasteiger partial charge is 0.453 e. The molecule has 1 saturated carbocycles. The van der Waals surface area contributed by atoms with Gasteiger partial charge in [0.1, 0.15) is 12.1 Å². The molecular formula is C31H33N5O4. The molecule has 9 heteroatoms. The molecule has 2 atom stereocenters. The van der Waals surface area contributed by atoms with Crippen LogP contribution in [0, 0.1) is 5.92 Å². The van der Waals surface area contributed by atoms with Gasteiger partial charge in [0.15, 0.2) is 0 Å². The summed E-state index contributed by atoms with van der Waals surface area (Å²) in [5.74, 6) is 1.70. The molecule has 1 heterocycles. The van der Waals surface area contributed by atoms with Gasteiger partial charge in [-0.15, -0.1) is 0 Å². The summed E-state index contributed by atoms with van der Waals surface area (Å²) in [6.45, 7) is 8.42. The molecule has 3 amide bonds. The number of amides is 3. The average molecular weight is 540 g/mol.